The minimum absolute atomic E-state index is 0.0613. The van der Waals surface area contributed by atoms with E-state index in [9.17, 15) is 8.42 Å². The highest BCUT2D eigenvalue weighted by Gasteiger charge is 2.10. The molecule has 1 heterocycles. The maximum atomic E-state index is 11.4. The van der Waals surface area contributed by atoms with Gasteiger partial charge >= 0.3 is 0 Å². The van der Waals surface area contributed by atoms with E-state index in [0.29, 0.717) is 17.9 Å². The van der Waals surface area contributed by atoms with Crippen molar-refractivity contribution in [2.24, 2.45) is 5.73 Å². The number of hydrogen-bond acceptors (Lipinski definition) is 6. The fraction of sp³-hybridized carbons (Fsp3) is 0.444. The van der Waals surface area contributed by atoms with E-state index in [2.05, 4.69) is 20.2 Å². The van der Waals surface area contributed by atoms with Crippen molar-refractivity contribution in [3.05, 3.63) is 17.8 Å². The number of thiocarbonyl (C=S) groups is 1. The number of nitrogens with zero attached hydrogens (tertiary/aromatic N) is 2. The molecule has 0 aliphatic carbocycles. The quantitative estimate of drug-likeness (QED) is 0.578. The zero-order chi connectivity index (χ0) is 13.6. The fourth-order valence-electron chi connectivity index (χ4n) is 1.26. The maximum Gasteiger partial charge on any atom is 0.213 e. The Bertz CT molecular complexity index is 517. The predicted octanol–water partition coefficient (Wildman–Crippen LogP) is -0.538. The first-order chi connectivity index (χ1) is 8.46. The molecule has 0 aromatic carbocycles. The van der Waals surface area contributed by atoms with Gasteiger partial charge in [-0.3, -0.25) is 0 Å². The number of sulfonamides is 1. The van der Waals surface area contributed by atoms with Crippen LogP contribution in [0.1, 0.15) is 12.5 Å². The van der Waals surface area contributed by atoms with Gasteiger partial charge < -0.3 is 11.1 Å². The van der Waals surface area contributed by atoms with Crippen LogP contribution < -0.4 is 15.8 Å². The third-order valence-corrected chi connectivity index (χ3v) is 3.70. The second-order valence-corrected chi connectivity index (χ2v) is 5.77. The number of nitrogens with two attached hydrogens (primary N) is 1. The van der Waals surface area contributed by atoms with E-state index in [0.717, 1.165) is 0 Å². The Balaban J connectivity index is 2.62. The summed E-state index contributed by atoms with van der Waals surface area (Å²) in [5.41, 5.74) is 6.06. The summed E-state index contributed by atoms with van der Waals surface area (Å²) in [4.78, 5) is 0.182. The van der Waals surface area contributed by atoms with Crippen LogP contribution in [0, 0.1) is 0 Å². The highest BCUT2D eigenvalue weighted by molar-refractivity contribution is 7.89. The Morgan fingerprint density at radius 3 is 2.89 bits per heavy atom. The molecule has 0 fully saturated rings. The monoisotopic (exact) mass is 289 g/mol. The van der Waals surface area contributed by atoms with Crippen molar-refractivity contribution in [1.29, 1.82) is 0 Å². The van der Waals surface area contributed by atoms with Crippen molar-refractivity contribution in [2.45, 2.75) is 6.92 Å². The second kappa shape index (κ2) is 6.57. The van der Waals surface area contributed by atoms with Gasteiger partial charge in [0.05, 0.1) is 17.5 Å². The van der Waals surface area contributed by atoms with E-state index < -0.39 is 10.0 Å². The lowest BCUT2D eigenvalue weighted by Crippen LogP contribution is -2.29. The van der Waals surface area contributed by atoms with Crippen molar-refractivity contribution >= 4 is 33.0 Å². The minimum atomic E-state index is -3.26. The molecule has 4 N–H and O–H groups in total. The van der Waals surface area contributed by atoms with Gasteiger partial charge in [0.25, 0.3) is 0 Å². The van der Waals surface area contributed by atoms with Gasteiger partial charge in [0.15, 0.2) is 5.82 Å². The van der Waals surface area contributed by atoms with Crippen molar-refractivity contribution in [2.75, 3.05) is 24.2 Å². The smallest absolute Gasteiger partial charge is 0.213 e. The average Bonchev–Trinajstić information content (AvgIpc) is 2.29. The van der Waals surface area contributed by atoms with Crippen molar-refractivity contribution in [1.82, 2.24) is 14.9 Å². The molecular weight excluding hydrogens is 274 g/mol. The van der Waals surface area contributed by atoms with Crippen LogP contribution in [0.2, 0.25) is 0 Å². The summed E-state index contributed by atoms with van der Waals surface area (Å²) in [6.07, 6.45) is 1.47. The molecule has 9 heteroatoms. The molecule has 0 saturated carbocycles. The predicted molar refractivity (Wildman–Crippen MR) is 73.9 cm³/mol. The van der Waals surface area contributed by atoms with Gasteiger partial charge in [0.1, 0.15) is 4.99 Å². The van der Waals surface area contributed by atoms with E-state index in [1.807, 2.05) is 0 Å². The molecule has 0 saturated heterocycles. The minimum Gasteiger partial charge on any atom is -0.389 e. The first kappa shape index (κ1) is 14.7. The summed E-state index contributed by atoms with van der Waals surface area (Å²) in [7, 11) is -3.26. The maximum absolute atomic E-state index is 11.4. The molecule has 0 amide bonds. The molecule has 0 bridgehead atoms. The summed E-state index contributed by atoms with van der Waals surface area (Å²) < 4.78 is 25.2. The molecule has 18 heavy (non-hydrogen) atoms. The van der Waals surface area contributed by atoms with E-state index in [-0.39, 0.29) is 17.3 Å². The van der Waals surface area contributed by atoms with Gasteiger partial charge in [-0.15, -0.1) is 5.10 Å². The summed E-state index contributed by atoms with van der Waals surface area (Å²) in [6.45, 7) is 2.29. The lowest BCUT2D eigenvalue weighted by atomic mass is 10.3. The molecule has 0 spiro atoms. The van der Waals surface area contributed by atoms with E-state index in [1.54, 1.807) is 13.0 Å². The first-order valence-electron chi connectivity index (χ1n) is 5.29. The number of aromatic nitrogens is 2. The zero-order valence-corrected chi connectivity index (χ0v) is 11.5. The molecular formula is C9H15N5O2S2. The molecule has 0 unspecified atom stereocenters. The van der Waals surface area contributed by atoms with E-state index in [4.69, 9.17) is 18.0 Å². The van der Waals surface area contributed by atoms with Crippen molar-refractivity contribution in [3.8, 4) is 0 Å². The molecule has 0 aliphatic heterocycles. The van der Waals surface area contributed by atoms with Gasteiger partial charge in [-0.05, 0) is 6.07 Å². The number of anilines is 1. The molecule has 1 aromatic heterocycles. The van der Waals surface area contributed by atoms with Crippen molar-refractivity contribution < 1.29 is 8.42 Å². The Morgan fingerprint density at radius 2 is 2.28 bits per heavy atom. The van der Waals surface area contributed by atoms with E-state index >= 15 is 0 Å². The van der Waals surface area contributed by atoms with E-state index in [1.165, 1.54) is 6.20 Å². The number of nitrogens with one attached hydrogen (secondary N) is 2. The lowest BCUT2D eigenvalue weighted by Gasteiger charge is -2.09. The van der Waals surface area contributed by atoms with Gasteiger partial charge in [-0.2, -0.15) is 5.10 Å². The van der Waals surface area contributed by atoms with Gasteiger partial charge in [-0.25, -0.2) is 13.1 Å². The van der Waals surface area contributed by atoms with Crippen LogP contribution in [0.15, 0.2) is 12.3 Å². The molecule has 1 aromatic rings. The summed E-state index contributed by atoms with van der Waals surface area (Å²) in [5, 5.41) is 10.4. The Labute approximate surface area is 111 Å². The highest BCUT2D eigenvalue weighted by atomic mass is 32.2. The van der Waals surface area contributed by atoms with Crippen LogP contribution in [-0.4, -0.2) is 42.4 Å². The highest BCUT2D eigenvalue weighted by Crippen LogP contribution is 2.09. The Kier molecular flexibility index (Phi) is 5.38. The van der Waals surface area contributed by atoms with Crippen LogP contribution in [0.25, 0.3) is 0 Å². The van der Waals surface area contributed by atoms with Gasteiger partial charge in [0, 0.05) is 13.1 Å². The molecule has 7 nitrogen and oxygen atoms in total. The number of rotatable bonds is 7. The standard InChI is InChI=1S/C9H15N5O2S2/c1-2-13-18(15,16)6-5-11-9-7(8(10)17)3-4-12-14-9/h3-4,13H,2,5-6H2,1H3,(H2,10,17)(H,11,14). The third-order valence-electron chi connectivity index (χ3n) is 2.01. The average molecular weight is 289 g/mol. The normalized spacial score (nSPS) is 11.2. The van der Waals surface area contributed by atoms with Gasteiger partial charge in [0.2, 0.25) is 10.0 Å². The largest absolute Gasteiger partial charge is 0.389 e. The Hall–Kier alpha value is -1.32. The Morgan fingerprint density at radius 1 is 1.56 bits per heavy atom. The van der Waals surface area contributed by atoms with Crippen LogP contribution in [0.4, 0.5) is 5.82 Å². The molecule has 0 atom stereocenters. The summed E-state index contributed by atoms with van der Waals surface area (Å²) in [6, 6.07) is 1.62. The molecule has 0 aliphatic rings. The van der Waals surface area contributed by atoms with Crippen LogP contribution in [0.5, 0.6) is 0 Å². The first-order valence-corrected chi connectivity index (χ1v) is 7.35. The van der Waals surface area contributed by atoms with Crippen LogP contribution in [0.3, 0.4) is 0 Å². The number of hydrogen-bond donors (Lipinski definition) is 3. The topological polar surface area (TPSA) is 110 Å². The molecule has 100 valence electrons. The van der Waals surface area contributed by atoms with Crippen LogP contribution in [-0.2, 0) is 10.0 Å². The molecule has 1 rings (SSSR count). The summed E-state index contributed by atoms with van der Waals surface area (Å²) >= 11 is 4.85. The molecule has 0 radical (unpaired) electrons. The fourth-order valence-corrected chi connectivity index (χ4v) is 2.38. The third kappa shape index (κ3) is 4.51. The summed E-state index contributed by atoms with van der Waals surface area (Å²) in [5.74, 6) is 0.325. The second-order valence-electron chi connectivity index (χ2n) is 3.40. The van der Waals surface area contributed by atoms with Gasteiger partial charge in [-0.1, -0.05) is 19.1 Å². The van der Waals surface area contributed by atoms with Crippen molar-refractivity contribution in [3.63, 3.8) is 0 Å². The zero-order valence-electron chi connectivity index (χ0n) is 9.88. The van der Waals surface area contributed by atoms with Crippen LogP contribution >= 0.6 is 12.2 Å². The SMILES string of the molecule is CCNS(=O)(=O)CCNc1nnccc1C(N)=S. The lowest BCUT2D eigenvalue weighted by molar-refractivity contribution is 0.584.